The third-order valence-electron chi connectivity index (χ3n) is 4.06. The van der Waals surface area contributed by atoms with Gasteiger partial charge in [0, 0.05) is 12.8 Å². The Morgan fingerprint density at radius 1 is 1.24 bits per heavy atom. The van der Waals surface area contributed by atoms with E-state index < -0.39 is 0 Å². The first-order chi connectivity index (χ1) is 8.06. The van der Waals surface area contributed by atoms with Gasteiger partial charge in [0.25, 0.3) is 0 Å². The average Bonchev–Trinajstić information content (AvgIpc) is 2.28. The SMILES string of the molecule is CC1CC(C(C)C2CCC(=O)OC2)CC(=O)O1. The van der Waals surface area contributed by atoms with Gasteiger partial charge in [-0.3, -0.25) is 9.59 Å². The summed E-state index contributed by atoms with van der Waals surface area (Å²) < 4.78 is 10.2. The highest BCUT2D eigenvalue weighted by Gasteiger charge is 2.35. The summed E-state index contributed by atoms with van der Waals surface area (Å²) >= 11 is 0. The summed E-state index contributed by atoms with van der Waals surface area (Å²) in [6, 6.07) is 0. The van der Waals surface area contributed by atoms with Crippen molar-refractivity contribution in [3.63, 3.8) is 0 Å². The van der Waals surface area contributed by atoms with E-state index in [9.17, 15) is 9.59 Å². The number of cyclic esters (lactones) is 2. The summed E-state index contributed by atoms with van der Waals surface area (Å²) in [6.45, 7) is 4.62. The maximum atomic E-state index is 11.4. The predicted octanol–water partition coefficient (Wildman–Crippen LogP) is 1.92. The Morgan fingerprint density at radius 3 is 2.59 bits per heavy atom. The molecule has 2 fully saturated rings. The normalized spacial score (nSPS) is 36.0. The van der Waals surface area contributed by atoms with Gasteiger partial charge in [-0.2, -0.15) is 0 Å². The maximum Gasteiger partial charge on any atom is 0.306 e. The molecule has 2 saturated heterocycles. The summed E-state index contributed by atoms with van der Waals surface area (Å²) in [5.74, 6) is 1.00. The molecule has 0 N–H and O–H groups in total. The van der Waals surface area contributed by atoms with E-state index in [0.29, 0.717) is 37.2 Å². The third kappa shape index (κ3) is 2.99. The number of hydrogen-bond donors (Lipinski definition) is 0. The van der Waals surface area contributed by atoms with Crippen molar-refractivity contribution in [1.82, 2.24) is 0 Å². The van der Waals surface area contributed by atoms with Gasteiger partial charge in [0.05, 0.1) is 12.7 Å². The molecule has 4 nitrogen and oxygen atoms in total. The fourth-order valence-corrected chi connectivity index (χ4v) is 2.90. The molecular weight excluding hydrogens is 220 g/mol. The Bertz CT molecular complexity index is 303. The van der Waals surface area contributed by atoms with Gasteiger partial charge in [0.15, 0.2) is 0 Å². The van der Waals surface area contributed by atoms with E-state index in [2.05, 4.69) is 6.92 Å². The van der Waals surface area contributed by atoms with Crippen molar-refractivity contribution in [2.75, 3.05) is 6.61 Å². The first-order valence-corrected chi connectivity index (χ1v) is 6.41. The van der Waals surface area contributed by atoms with Crippen LogP contribution in [0.25, 0.3) is 0 Å². The summed E-state index contributed by atoms with van der Waals surface area (Å²) in [4.78, 5) is 22.4. The van der Waals surface area contributed by atoms with Crippen LogP contribution in [0.1, 0.15) is 39.5 Å². The van der Waals surface area contributed by atoms with E-state index in [1.165, 1.54) is 0 Å². The van der Waals surface area contributed by atoms with Crippen molar-refractivity contribution in [3.05, 3.63) is 0 Å². The summed E-state index contributed by atoms with van der Waals surface area (Å²) in [5, 5.41) is 0. The minimum Gasteiger partial charge on any atom is -0.465 e. The van der Waals surface area contributed by atoms with Crippen LogP contribution in [0.4, 0.5) is 0 Å². The lowest BCUT2D eigenvalue weighted by Crippen LogP contribution is -2.36. The number of rotatable bonds is 2. The molecule has 0 aromatic carbocycles. The molecule has 0 amide bonds. The molecule has 2 heterocycles. The number of esters is 2. The number of carbonyl (C=O) groups excluding carboxylic acids is 2. The molecule has 4 atom stereocenters. The van der Waals surface area contributed by atoms with Crippen LogP contribution in [0.15, 0.2) is 0 Å². The lowest BCUT2D eigenvalue weighted by atomic mass is 9.75. The number of ether oxygens (including phenoxy) is 2. The second-order valence-corrected chi connectivity index (χ2v) is 5.34. The molecule has 0 radical (unpaired) electrons. The summed E-state index contributed by atoms with van der Waals surface area (Å²) in [5.41, 5.74) is 0. The van der Waals surface area contributed by atoms with E-state index >= 15 is 0 Å². The zero-order valence-corrected chi connectivity index (χ0v) is 10.5. The van der Waals surface area contributed by atoms with Crippen LogP contribution < -0.4 is 0 Å². The minimum atomic E-state index is -0.0927. The molecule has 0 aromatic heterocycles. The van der Waals surface area contributed by atoms with Gasteiger partial charge in [0.2, 0.25) is 0 Å². The topological polar surface area (TPSA) is 52.6 Å². The largest absolute Gasteiger partial charge is 0.465 e. The van der Waals surface area contributed by atoms with Crippen LogP contribution in [0.3, 0.4) is 0 Å². The van der Waals surface area contributed by atoms with E-state index in [0.717, 1.165) is 12.8 Å². The van der Waals surface area contributed by atoms with Crippen molar-refractivity contribution in [1.29, 1.82) is 0 Å². The van der Waals surface area contributed by atoms with E-state index in [4.69, 9.17) is 9.47 Å². The molecule has 2 aliphatic rings. The second-order valence-electron chi connectivity index (χ2n) is 5.34. The van der Waals surface area contributed by atoms with Crippen LogP contribution in [0, 0.1) is 17.8 Å². The van der Waals surface area contributed by atoms with Gasteiger partial charge in [-0.1, -0.05) is 6.92 Å². The van der Waals surface area contributed by atoms with Gasteiger partial charge >= 0.3 is 11.9 Å². The van der Waals surface area contributed by atoms with Crippen molar-refractivity contribution in [3.8, 4) is 0 Å². The third-order valence-corrected chi connectivity index (χ3v) is 4.06. The number of hydrogen-bond acceptors (Lipinski definition) is 4. The van der Waals surface area contributed by atoms with Crippen molar-refractivity contribution >= 4 is 11.9 Å². The van der Waals surface area contributed by atoms with Crippen LogP contribution in [-0.4, -0.2) is 24.6 Å². The van der Waals surface area contributed by atoms with Gasteiger partial charge in [-0.25, -0.2) is 0 Å². The fourth-order valence-electron chi connectivity index (χ4n) is 2.90. The predicted molar refractivity (Wildman–Crippen MR) is 61.1 cm³/mol. The highest BCUT2D eigenvalue weighted by atomic mass is 16.5. The van der Waals surface area contributed by atoms with Crippen LogP contribution in [-0.2, 0) is 19.1 Å². The smallest absolute Gasteiger partial charge is 0.306 e. The average molecular weight is 240 g/mol. The molecule has 2 rings (SSSR count). The monoisotopic (exact) mass is 240 g/mol. The molecule has 0 saturated carbocycles. The van der Waals surface area contributed by atoms with Crippen molar-refractivity contribution in [2.45, 2.75) is 45.6 Å². The Kier molecular flexibility index (Phi) is 3.69. The molecule has 96 valence electrons. The highest BCUT2D eigenvalue weighted by molar-refractivity contribution is 5.71. The number of carbonyl (C=O) groups is 2. The van der Waals surface area contributed by atoms with Crippen LogP contribution in [0.5, 0.6) is 0 Å². The molecule has 2 aliphatic heterocycles. The zero-order chi connectivity index (χ0) is 12.4. The molecule has 4 unspecified atom stereocenters. The van der Waals surface area contributed by atoms with Gasteiger partial charge in [-0.15, -0.1) is 0 Å². The Morgan fingerprint density at radius 2 is 2.00 bits per heavy atom. The highest BCUT2D eigenvalue weighted by Crippen LogP contribution is 2.35. The van der Waals surface area contributed by atoms with E-state index in [1.54, 1.807) is 0 Å². The summed E-state index contributed by atoms with van der Waals surface area (Å²) in [6.07, 6.45) is 2.87. The second kappa shape index (κ2) is 5.07. The minimum absolute atomic E-state index is 0.0230. The molecular formula is C13H20O4. The van der Waals surface area contributed by atoms with E-state index in [-0.39, 0.29) is 18.0 Å². The standard InChI is InChI=1S/C13H20O4/c1-8-5-11(6-13(15)17-8)9(2)10-3-4-12(14)16-7-10/h8-11H,3-7H2,1-2H3. The van der Waals surface area contributed by atoms with Crippen molar-refractivity contribution in [2.24, 2.45) is 17.8 Å². The summed E-state index contributed by atoms with van der Waals surface area (Å²) in [7, 11) is 0. The molecule has 4 heteroatoms. The lowest BCUT2D eigenvalue weighted by Gasteiger charge is -2.36. The molecule has 0 spiro atoms. The molecule has 0 bridgehead atoms. The van der Waals surface area contributed by atoms with E-state index in [1.807, 2.05) is 6.92 Å². The van der Waals surface area contributed by atoms with Gasteiger partial charge in [0.1, 0.15) is 0 Å². The zero-order valence-electron chi connectivity index (χ0n) is 10.5. The Labute approximate surface area is 102 Å². The fraction of sp³-hybridized carbons (Fsp3) is 0.846. The van der Waals surface area contributed by atoms with Crippen LogP contribution in [0.2, 0.25) is 0 Å². The van der Waals surface area contributed by atoms with Crippen molar-refractivity contribution < 1.29 is 19.1 Å². The van der Waals surface area contributed by atoms with Gasteiger partial charge in [-0.05, 0) is 37.5 Å². The lowest BCUT2D eigenvalue weighted by molar-refractivity contribution is -0.160. The Hall–Kier alpha value is -1.06. The quantitative estimate of drug-likeness (QED) is 0.692. The molecule has 17 heavy (non-hydrogen) atoms. The molecule has 0 aromatic rings. The first-order valence-electron chi connectivity index (χ1n) is 6.41. The maximum absolute atomic E-state index is 11.4. The van der Waals surface area contributed by atoms with Crippen LogP contribution >= 0.6 is 0 Å². The van der Waals surface area contributed by atoms with Gasteiger partial charge < -0.3 is 9.47 Å². The first kappa shape index (κ1) is 12.4. The molecule has 0 aliphatic carbocycles. The Balaban J connectivity index is 1.92.